The summed E-state index contributed by atoms with van der Waals surface area (Å²) in [4.78, 5) is 14.2. The van der Waals surface area contributed by atoms with Gasteiger partial charge in [0.2, 0.25) is 5.91 Å². The third-order valence-corrected chi connectivity index (χ3v) is 5.28. The van der Waals surface area contributed by atoms with Crippen LogP contribution >= 0.6 is 23.2 Å². The molecule has 26 heavy (non-hydrogen) atoms. The zero-order chi connectivity index (χ0) is 19.3. The average Bonchev–Trinajstić information content (AvgIpc) is 2.88. The molecule has 0 radical (unpaired) electrons. The van der Waals surface area contributed by atoms with Crippen LogP contribution in [0.25, 0.3) is 0 Å². The SMILES string of the molecule is Cc1nn(CCC#N)c(C)c1CCC(=O)N(C)Cc1cccc(Cl)c1Cl. The van der Waals surface area contributed by atoms with E-state index in [9.17, 15) is 4.79 Å². The fourth-order valence-corrected chi connectivity index (χ4v) is 3.29. The number of aromatic nitrogens is 2. The number of carbonyl (C=O) groups excluding carboxylic acids is 1. The lowest BCUT2D eigenvalue weighted by Gasteiger charge is -2.18. The fraction of sp³-hybridized carbons (Fsp3) is 0.421. The Kier molecular flexibility index (Phi) is 7.07. The summed E-state index contributed by atoms with van der Waals surface area (Å²) in [5.74, 6) is 0.0321. The van der Waals surface area contributed by atoms with Crippen LogP contribution in [-0.4, -0.2) is 27.6 Å². The molecule has 0 N–H and O–H groups in total. The van der Waals surface area contributed by atoms with Gasteiger partial charge in [0.25, 0.3) is 0 Å². The highest BCUT2D eigenvalue weighted by molar-refractivity contribution is 6.42. The highest BCUT2D eigenvalue weighted by atomic mass is 35.5. The number of nitrogens with zero attached hydrogens (tertiary/aromatic N) is 4. The van der Waals surface area contributed by atoms with Gasteiger partial charge in [-0.25, -0.2) is 0 Å². The van der Waals surface area contributed by atoms with E-state index in [0.717, 1.165) is 22.5 Å². The monoisotopic (exact) mass is 392 g/mol. The van der Waals surface area contributed by atoms with E-state index in [1.165, 1.54) is 0 Å². The fourth-order valence-electron chi connectivity index (χ4n) is 2.91. The molecule has 0 saturated heterocycles. The summed E-state index contributed by atoms with van der Waals surface area (Å²) in [7, 11) is 1.76. The van der Waals surface area contributed by atoms with Gasteiger partial charge in [0.1, 0.15) is 0 Å². The second-order valence-electron chi connectivity index (χ2n) is 6.24. The van der Waals surface area contributed by atoms with E-state index < -0.39 is 0 Å². The van der Waals surface area contributed by atoms with E-state index in [1.807, 2.05) is 30.7 Å². The number of benzene rings is 1. The highest BCUT2D eigenvalue weighted by Gasteiger charge is 2.16. The number of aryl methyl sites for hydroxylation is 2. The predicted molar refractivity (Wildman–Crippen MR) is 103 cm³/mol. The maximum absolute atomic E-state index is 12.5. The maximum Gasteiger partial charge on any atom is 0.222 e. The minimum absolute atomic E-state index is 0.0321. The van der Waals surface area contributed by atoms with Crippen LogP contribution in [0.5, 0.6) is 0 Å². The largest absolute Gasteiger partial charge is 0.341 e. The van der Waals surface area contributed by atoms with E-state index in [2.05, 4.69) is 11.2 Å². The van der Waals surface area contributed by atoms with Crippen LogP contribution in [0.3, 0.4) is 0 Å². The minimum Gasteiger partial charge on any atom is -0.341 e. The molecule has 0 fully saturated rings. The summed E-state index contributed by atoms with van der Waals surface area (Å²) >= 11 is 12.2. The normalized spacial score (nSPS) is 10.6. The van der Waals surface area contributed by atoms with Gasteiger partial charge in [-0.3, -0.25) is 9.48 Å². The van der Waals surface area contributed by atoms with Crippen molar-refractivity contribution in [3.63, 3.8) is 0 Å². The number of amides is 1. The zero-order valence-electron chi connectivity index (χ0n) is 15.2. The van der Waals surface area contributed by atoms with E-state index in [1.54, 1.807) is 18.0 Å². The molecular weight excluding hydrogens is 371 g/mol. The number of rotatable bonds is 7. The van der Waals surface area contributed by atoms with Gasteiger partial charge >= 0.3 is 0 Å². The second-order valence-corrected chi connectivity index (χ2v) is 7.03. The first-order chi connectivity index (χ1) is 12.3. The quantitative estimate of drug-likeness (QED) is 0.704. The van der Waals surface area contributed by atoms with Gasteiger partial charge in [0, 0.05) is 25.7 Å². The minimum atomic E-state index is 0.0321. The lowest BCUT2D eigenvalue weighted by Crippen LogP contribution is -2.26. The maximum atomic E-state index is 12.5. The Balaban J connectivity index is 1.99. The van der Waals surface area contributed by atoms with Crippen LogP contribution in [0, 0.1) is 25.2 Å². The number of carbonyl (C=O) groups is 1. The van der Waals surface area contributed by atoms with Gasteiger partial charge in [-0.2, -0.15) is 10.4 Å². The molecule has 0 aliphatic carbocycles. The van der Waals surface area contributed by atoms with Crippen LogP contribution in [0.2, 0.25) is 10.0 Å². The van der Waals surface area contributed by atoms with Crippen molar-refractivity contribution in [1.82, 2.24) is 14.7 Å². The smallest absolute Gasteiger partial charge is 0.222 e. The van der Waals surface area contributed by atoms with Crippen LogP contribution in [-0.2, 0) is 24.3 Å². The lowest BCUT2D eigenvalue weighted by atomic mass is 10.1. The van der Waals surface area contributed by atoms with Crippen molar-refractivity contribution in [3.8, 4) is 6.07 Å². The molecule has 1 heterocycles. The van der Waals surface area contributed by atoms with Gasteiger partial charge in [-0.15, -0.1) is 0 Å². The standard InChI is InChI=1S/C19H22Cl2N4O/c1-13-16(14(2)25(23-13)11-5-10-22)8-9-18(26)24(3)12-15-6-4-7-17(20)19(15)21/h4,6-7H,5,8-9,11-12H2,1-3H3. The summed E-state index contributed by atoms with van der Waals surface area (Å²) in [6, 6.07) is 7.54. The Morgan fingerprint density at radius 3 is 2.77 bits per heavy atom. The molecule has 0 aliphatic rings. The molecule has 0 saturated carbocycles. The average molecular weight is 393 g/mol. The second kappa shape index (κ2) is 9.07. The first-order valence-electron chi connectivity index (χ1n) is 8.41. The van der Waals surface area contributed by atoms with Crippen LogP contribution in [0.15, 0.2) is 18.2 Å². The lowest BCUT2D eigenvalue weighted by molar-refractivity contribution is -0.130. The Morgan fingerprint density at radius 2 is 2.08 bits per heavy atom. The Morgan fingerprint density at radius 1 is 1.35 bits per heavy atom. The molecule has 0 bridgehead atoms. The molecule has 1 amide bonds. The van der Waals surface area contributed by atoms with Crippen LogP contribution < -0.4 is 0 Å². The molecular formula is C19H22Cl2N4O. The van der Waals surface area contributed by atoms with Gasteiger partial charge in [0.05, 0.1) is 34.8 Å². The first-order valence-corrected chi connectivity index (χ1v) is 9.17. The summed E-state index contributed by atoms with van der Waals surface area (Å²) in [6.45, 7) is 4.90. The van der Waals surface area contributed by atoms with Crippen molar-refractivity contribution in [3.05, 3.63) is 50.8 Å². The number of hydrogen-bond acceptors (Lipinski definition) is 3. The third kappa shape index (κ3) is 4.78. The molecule has 2 rings (SSSR count). The summed E-state index contributed by atoms with van der Waals surface area (Å²) in [5, 5.41) is 14.2. The van der Waals surface area contributed by atoms with Crippen LogP contribution in [0.1, 0.15) is 35.4 Å². The molecule has 1 aromatic heterocycles. The Labute approximate surface area is 164 Å². The molecule has 0 atom stereocenters. The van der Waals surface area contributed by atoms with Gasteiger partial charge in [-0.1, -0.05) is 35.3 Å². The number of hydrogen-bond donors (Lipinski definition) is 0. The molecule has 138 valence electrons. The Hall–Kier alpha value is -2.03. The third-order valence-electron chi connectivity index (χ3n) is 4.42. The molecule has 2 aromatic rings. The van der Waals surface area contributed by atoms with Crippen molar-refractivity contribution in [2.24, 2.45) is 0 Å². The summed E-state index contributed by atoms with van der Waals surface area (Å²) in [5.41, 5.74) is 3.83. The van der Waals surface area contributed by atoms with E-state index >= 15 is 0 Å². The number of nitriles is 1. The van der Waals surface area contributed by atoms with Crippen molar-refractivity contribution in [2.75, 3.05) is 7.05 Å². The van der Waals surface area contributed by atoms with Crippen molar-refractivity contribution >= 4 is 29.1 Å². The Bertz CT molecular complexity index is 839. The zero-order valence-corrected chi connectivity index (χ0v) is 16.7. The first kappa shape index (κ1) is 20.3. The van der Waals surface area contributed by atoms with Crippen LogP contribution in [0.4, 0.5) is 0 Å². The summed E-state index contributed by atoms with van der Waals surface area (Å²) < 4.78 is 1.84. The van der Waals surface area contributed by atoms with E-state index in [0.29, 0.717) is 42.4 Å². The van der Waals surface area contributed by atoms with E-state index in [-0.39, 0.29) is 5.91 Å². The molecule has 0 aliphatic heterocycles. The van der Waals surface area contributed by atoms with Crippen molar-refractivity contribution in [2.45, 2.75) is 46.2 Å². The molecule has 0 unspecified atom stereocenters. The van der Waals surface area contributed by atoms with E-state index in [4.69, 9.17) is 28.5 Å². The molecule has 1 aromatic carbocycles. The van der Waals surface area contributed by atoms with Gasteiger partial charge in [0.15, 0.2) is 0 Å². The topological polar surface area (TPSA) is 61.9 Å². The van der Waals surface area contributed by atoms with Gasteiger partial charge < -0.3 is 4.90 Å². The summed E-state index contributed by atoms with van der Waals surface area (Å²) in [6.07, 6.45) is 1.43. The van der Waals surface area contributed by atoms with Crippen molar-refractivity contribution < 1.29 is 4.79 Å². The van der Waals surface area contributed by atoms with Gasteiger partial charge in [-0.05, 0) is 37.5 Å². The van der Waals surface area contributed by atoms with Crippen molar-refractivity contribution in [1.29, 1.82) is 5.26 Å². The predicted octanol–water partition coefficient (Wildman–Crippen LogP) is 4.31. The highest BCUT2D eigenvalue weighted by Crippen LogP contribution is 2.26. The molecule has 0 spiro atoms. The molecule has 5 nitrogen and oxygen atoms in total. The number of halogens is 2. The molecule has 7 heteroatoms.